The first-order chi connectivity index (χ1) is 7.33. The van der Waals surface area contributed by atoms with Crippen LogP contribution in [0.1, 0.15) is 36.5 Å². The average Bonchev–Trinajstić information content (AvgIpc) is 3.01. The highest BCUT2D eigenvalue weighted by atomic mass is 16.5. The van der Waals surface area contributed by atoms with Gasteiger partial charge in [0.1, 0.15) is 5.75 Å². The summed E-state index contributed by atoms with van der Waals surface area (Å²) in [7, 11) is 0. The summed E-state index contributed by atoms with van der Waals surface area (Å²) in [5.41, 5.74) is 2.35. The van der Waals surface area contributed by atoms with Crippen LogP contribution in [-0.4, -0.2) is 11.7 Å². The maximum Gasteiger partial charge on any atom is 0.119 e. The Labute approximate surface area is 89.9 Å². The first kappa shape index (κ1) is 9.22. The molecule has 0 aliphatic heterocycles. The second-order valence-electron chi connectivity index (χ2n) is 4.67. The molecule has 1 aromatic carbocycles. The second-order valence-corrected chi connectivity index (χ2v) is 4.67. The molecule has 2 aliphatic carbocycles. The maximum absolute atomic E-state index is 9.66. The minimum Gasteiger partial charge on any atom is -0.493 e. The summed E-state index contributed by atoms with van der Waals surface area (Å²) in [6.45, 7) is 0.862. The summed E-state index contributed by atoms with van der Waals surface area (Å²) in [5.74, 6) is 1.76. The summed E-state index contributed by atoms with van der Waals surface area (Å²) in [6.07, 6.45) is 4.24. The SMILES string of the molecule is OC1CCc2cc(OCC3CC3)ccc21. The number of aryl methyl sites for hydroxylation is 1. The third kappa shape index (κ3) is 1.86. The van der Waals surface area contributed by atoms with Crippen LogP contribution in [0.5, 0.6) is 5.75 Å². The zero-order chi connectivity index (χ0) is 10.3. The highest BCUT2D eigenvalue weighted by Crippen LogP contribution is 2.34. The van der Waals surface area contributed by atoms with Gasteiger partial charge >= 0.3 is 0 Å². The van der Waals surface area contributed by atoms with E-state index in [1.807, 2.05) is 12.1 Å². The van der Waals surface area contributed by atoms with Gasteiger partial charge in [-0.15, -0.1) is 0 Å². The predicted molar refractivity (Wildman–Crippen MR) is 57.9 cm³/mol. The molecule has 1 aromatic rings. The molecule has 0 spiro atoms. The number of fused-ring (bicyclic) bond motifs is 1. The van der Waals surface area contributed by atoms with E-state index < -0.39 is 0 Å². The Kier molecular flexibility index (Phi) is 2.17. The van der Waals surface area contributed by atoms with Crippen molar-refractivity contribution >= 4 is 0 Å². The zero-order valence-electron chi connectivity index (χ0n) is 8.78. The van der Waals surface area contributed by atoms with Gasteiger partial charge in [0.15, 0.2) is 0 Å². The Hall–Kier alpha value is -1.02. The van der Waals surface area contributed by atoms with Crippen LogP contribution < -0.4 is 4.74 Å². The van der Waals surface area contributed by atoms with Crippen LogP contribution in [0.15, 0.2) is 18.2 Å². The van der Waals surface area contributed by atoms with E-state index in [9.17, 15) is 5.11 Å². The minimum absolute atomic E-state index is 0.252. The fourth-order valence-corrected chi connectivity index (χ4v) is 2.16. The monoisotopic (exact) mass is 204 g/mol. The molecule has 2 heteroatoms. The van der Waals surface area contributed by atoms with Gasteiger partial charge in [0.2, 0.25) is 0 Å². The lowest BCUT2D eigenvalue weighted by Gasteiger charge is -2.08. The van der Waals surface area contributed by atoms with Crippen molar-refractivity contribution in [2.75, 3.05) is 6.61 Å². The summed E-state index contributed by atoms with van der Waals surface area (Å²) in [4.78, 5) is 0. The van der Waals surface area contributed by atoms with Crippen molar-refractivity contribution < 1.29 is 9.84 Å². The van der Waals surface area contributed by atoms with E-state index in [-0.39, 0.29) is 6.10 Å². The van der Waals surface area contributed by atoms with Gasteiger partial charge in [-0.2, -0.15) is 0 Å². The van der Waals surface area contributed by atoms with E-state index >= 15 is 0 Å². The minimum atomic E-state index is -0.252. The Bertz CT molecular complexity index is 369. The van der Waals surface area contributed by atoms with E-state index in [4.69, 9.17) is 4.74 Å². The number of ether oxygens (including phenoxy) is 1. The van der Waals surface area contributed by atoms with Crippen LogP contribution in [-0.2, 0) is 6.42 Å². The molecule has 0 radical (unpaired) electrons. The number of aliphatic hydroxyl groups excluding tert-OH is 1. The molecule has 80 valence electrons. The van der Waals surface area contributed by atoms with E-state index in [0.717, 1.165) is 36.7 Å². The maximum atomic E-state index is 9.66. The van der Waals surface area contributed by atoms with Crippen molar-refractivity contribution in [1.82, 2.24) is 0 Å². The summed E-state index contributed by atoms with van der Waals surface area (Å²) in [6, 6.07) is 6.08. The van der Waals surface area contributed by atoms with Crippen LogP contribution in [0.2, 0.25) is 0 Å². The first-order valence-electron chi connectivity index (χ1n) is 5.76. The number of rotatable bonds is 3. The van der Waals surface area contributed by atoms with Crippen molar-refractivity contribution in [3.8, 4) is 5.75 Å². The molecule has 0 aromatic heterocycles. The van der Waals surface area contributed by atoms with Crippen molar-refractivity contribution in [2.24, 2.45) is 5.92 Å². The molecular weight excluding hydrogens is 188 g/mol. The topological polar surface area (TPSA) is 29.5 Å². The molecule has 0 bridgehead atoms. The lowest BCUT2D eigenvalue weighted by atomic mass is 10.1. The van der Waals surface area contributed by atoms with Crippen molar-refractivity contribution in [2.45, 2.75) is 31.8 Å². The van der Waals surface area contributed by atoms with Gasteiger partial charge in [0, 0.05) is 0 Å². The Balaban J connectivity index is 1.73. The standard InChI is InChI=1S/C13H16O2/c14-13-6-3-10-7-11(4-5-12(10)13)15-8-9-1-2-9/h4-5,7,9,13-14H,1-3,6,8H2. The van der Waals surface area contributed by atoms with Gasteiger partial charge in [-0.3, -0.25) is 0 Å². The van der Waals surface area contributed by atoms with Crippen LogP contribution >= 0.6 is 0 Å². The van der Waals surface area contributed by atoms with Crippen molar-refractivity contribution in [3.63, 3.8) is 0 Å². The van der Waals surface area contributed by atoms with Gasteiger partial charge < -0.3 is 9.84 Å². The van der Waals surface area contributed by atoms with Crippen LogP contribution in [0.3, 0.4) is 0 Å². The molecule has 2 aliphatic rings. The average molecular weight is 204 g/mol. The Morgan fingerprint density at radius 2 is 2.13 bits per heavy atom. The molecule has 1 unspecified atom stereocenters. The van der Waals surface area contributed by atoms with Gasteiger partial charge in [-0.05, 0) is 54.9 Å². The van der Waals surface area contributed by atoms with E-state index in [1.54, 1.807) is 0 Å². The van der Waals surface area contributed by atoms with E-state index in [0.29, 0.717) is 0 Å². The number of aliphatic hydroxyl groups is 1. The highest BCUT2D eigenvalue weighted by Gasteiger charge is 2.23. The largest absolute Gasteiger partial charge is 0.493 e. The lowest BCUT2D eigenvalue weighted by Crippen LogP contribution is -1.99. The molecule has 15 heavy (non-hydrogen) atoms. The second kappa shape index (κ2) is 3.53. The summed E-state index contributed by atoms with van der Waals surface area (Å²) in [5, 5.41) is 9.66. The summed E-state index contributed by atoms with van der Waals surface area (Å²) >= 11 is 0. The Morgan fingerprint density at radius 1 is 1.27 bits per heavy atom. The van der Waals surface area contributed by atoms with E-state index in [1.165, 1.54) is 18.4 Å². The first-order valence-corrected chi connectivity index (χ1v) is 5.76. The quantitative estimate of drug-likeness (QED) is 0.819. The van der Waals surface area contributed by atoms with Crippen LogP contribution in [0.4, 0.5) is 0 Å². The third-order valence-electron chi connectivity index (χ3n) is 3.34. The summed E-state index contributed by atoms with van der Waals surface area (Å²) < 4.78 is 5.71. The molecule has 1 atom stereocenters. The fraction of sp³-hybridized carbons (Fsp3) is 0.538. The lowest BCUT2D eigenvalue weighted by molar-refractivity contribution is 0.180. The highest BCUT2D eigenvalue weighted by molar-refractivity contribution is 5.39. The molecule has 2 nitrogen and oxygen atoms in total. The third-order valence-corrected chi connectivity index (χ3v) is 3.34. The van der Waals surface area contributed by atoms with E-state index in [2.05, 4.69) is 6.07 Å². The molecular formula is C13H16O2. The van der Waals surface area contributed by atoms with Crippen LogP contribution in [0, 0.1) is 5.92 Å². The zero-order valence-corrected chi connectivity index (χ0v) is 8.78. The molecule has 0 saturated heterocycles. The molecule has 1 fully saturated rings. The smallest absolute Gasteiger partial charge is 0.119 e. The fourth-order valence-electron chi connectivity index (χ4n) is 2.16. The van der Waals surface area contributed by atoms with Gasteiger partial charge in [0.05, 0.1) is 12.7 Å². The van der Waals surface area contributed by atoms with Crippen molar-refractivity contribution in [1.29, 1.82) is 0 Å². The van der Waals surface area contributed by atoms with Gasteiger partial charge in [0.25, 0.3) is 0 Å². The molecule has 0 heterocycles. The molecule has 3 rings (SSSR count). The number of benzene rings is 1. The Morgan fingerprint density at radius 3 is 2.93 bits per heavy atom. The normalized spacial score (nSPS) is 23.9. The van der Waals surface area contributed by atoms with Crippen LogP contribution in [0.25, 0.3) is 0 Å². The molecule has 1 N–H and O–H groups in total. The van der Waals surface area contributed by atoms with Gasteiger partial charge in [-0.1, -0.05) is 6.07 Å². The van der Waals surface area contributed by atoms with Crippen molar-refractivity contribution in [3.05, 3.63) is 29.3 Å². The number of hydrogen-bond acceptors (Lipinski definition) is 2. The molecule has 0 amide bonds. The predicted octanol–water partition coefficient (Wildman–Crippen LogP) is 2.46. The molecule has 1 saturated carbocycles. The van der Waals surface area contributed by atoms with Gasteiger partial charge in [-0.25, -0.2) is 0 Å². The number of hydrogen-bond donors (Lipinski definition) is 1.